The van der Waals surface area contributed by atoms with Crippen LogP contribution < -0.4 is 4.74 Å². The smallest absolute Gasteiger partial charge is 0.360 e. The summed E-state index contributed by atoms with van der Waals surface area (Å²) < 4.78 is 10.8. The van der Waals surface area contributed by atoms with E-state index in [2.05, 4.69) is 9.97 Å². The lowest BCUT2D eigenvalue weighted by atomic mass is 10.1. The second kappa shape index (κ2) is 7.98. The van der Waals surface area contributed by atoms with Crippen LogP contribution >= 0.6 is 0 Å². The summed E-state index contributed by atoms with van der Waals surface area (Å²) in [6, 6.07) is 20.1. The number of fused-ring (bicyclic) bond motifs is 1. The first kappa shape index (κ1) is 18.4. The molecule has 0 bridgehead atoms. The molecule has 2 aromatic heterocycles. The molecule has 4 rings (SSSR count). The van der Waals surface area contributed by atoms with Gasteiger partial charge in [0.15, 0.2) is 11.4 Å². The largest absolute Gasteiger partial charge is 0.508 e. The molecule has 1 N–H and O–H groups in total. The van der Waals surface area contributed by atoms with Crippen LogP contribution in [0.1, 0.15) is 16.1 Å². The minimum Gasteiger partial charge on any atom is -0.508 e. The van der Waals surface area contributed by atoms with Crippen molar-refractivity contribution in [2.45, 2.75) is 6.61 Å². The number of carbonyl (C=O) groups is 1. The average molecular weight is 386 g/mol. The third-order valence-corrected chi connectivity index (χ3v) is 4.45. The van der Waals surface area contributed by atoms with E-state index in [0.29, 0.717) is 22.3 Å². The maximum atomic E-state index is 12.2. The fraction of sp³-hybridized carbons (Fsp3) is 0.0870. The number of aromatic nitrogens is 2. The summed E-state index contributed by atoms with van der Waals surface area (Å²) in [5.74, 6) is -0.0874. The van der Waals surface area contributed by atoms with Crippen LogP contribution in [0, 0.1) is 0 Å². The third-order valence-electron chi connectivity index (χ3n) is 4.45. The number of nitrogens with zero attached hydrogens (tertiary/aromatic N) is 2. The predicted octanol–water partition coefficient (Wildman–Crippen LogP) is 4.37. The number of rotatable bonds is 5. The number of carbonyl (C=O) groups excluding carboxylic acids is 1. The van der Waals surface area contributed by atoms with Gasteiger partial charge in [0.1, 0.15) is 12.4 Å². The predicted molar refractivity (Wildman–Crippen MR) is 109 cm³/mol. The molecule has 4 aromatic rings. The standard InChI is InChI=1S/C23H18N2O4/c1-28-23(27)21-22(29-14-15-6-3-2-4-7-15)18-10-11-19(25-20(18)13-24-21)16-8-5-9-17(26)12-16/h2-13,26H,14H2,1H3. The van der Waals surface area contributed by atoms with Crippen molar-refractivity contribution in [1.29, 1.82) is 0 Å². The van der Waals surface area contributed by atoms with E-state index in [1.165, 1.54) is 13.3 Å². The van der Waals surface area contributed by atoms with Gasteiger partial charge in [0, 0.05) is 10.9 Å². The fourth-order valence-electron chi connectivity index (χ4n) is 3.02. The maximum absolute atomic E-state index is 12.2. The van der Waals surface area contributed by atoms with Crippen molar-refractivity contribution in [2.75, 3.05) is 7.11 Å². The first-order chi connectivity index (χ1) is 14.2. The zero-order valence-corrected chi connectivity index (χ0v) is 15.7. The normalized spacial score (nSPS) is 10.7. The van der Waals surface area contributed by atoms with Crippen LogP contribution in [-0.4, -0.2) is 28.2 Å². The van der Waals surface area contributed by atoms with Crippen LogP contribution in [0.4, 0.5) is 0 Å². The van der Waals surface area contributed by atoms with Crippen molar-refractivity contribution in [2.24, 2.45) is 0 Å². The van der Waals surface area contributed by atoms with E-state index in [4.69, 9.17) is 9.47 Å². The van der Waals surface area contributed by atoms with Crippen molar-refractivity contribution < 1.29 is 19.4 Å². The fourth-order valence-corrected chi connectivity index (χ4v) is 3.02. The molecule has 2 heterocycles. The van der Waals surface area contributed by atoms with Crippen molar-refractivity contribution >= 4 is 16.9 Å². The molecule has 29 heavy (non-hydrogen) atoms. The Kier molecular flexibility index (Phi) is 5.07. The van der Waals surface area contributed by atoms with Gasteiger partial charge in [0.2, 0.25) is 0 Å². The number of aromatic hydroxyl groups is 1. The highest BCUT2D eigenvalue weighted by atomic mass is 16.5. The van der Waals surface area contributed by atoms with E-state index in [0.717, 1.165) is 11.1 Å². The molecule has 0 saturated heterocycles. The summed E-state index contributed by atoms with van der Waals surface area (Å²) >= 11 is 0. The number of benzene rings is 2. The number of methoxy groups -OCH3 is 1. The quantitative estimate of drug-likeness (QED) is 0.513. The number of ether oxygens (including phenoxy) is 2. The number of hydrogen-bond acceptors (Lipinski definition) is 6. The highest BCUT2D eigenvalue weighted by Gasteiger charge is 2.19. The van der Waals surface area contributed by atoms with Gasteiger partial charge in [-0.2, -0.15) is 0 Å². The summed E-state index contributed by atoms with van der Waals surface area (Å²) in [5, 5.41) is 10.4. The lowest BCUT2D eigenvalue weighted by Crippen LogP contribution is -2.09. The lowest BCUT2D eigenvalue weighted by Gasteiger charge is -2.13. The Hall–Kier alpha value is -3.93. The minimum absolute atomic E-state index is 0.0998. The van der Waals surface area contributed by atoms with Gasteiger partial charge in [0.05, 0.1) is 24.5 Å². The van der Waals surface area contributed by atoms with E-state index >= 15 is 0 Å². The van der Waals surface area contributed by atoms with Crippen molar-refractivity contribution in [1.82, 2.24) is 9.97 Å². The summed E-state index contributed by atoms with van der Waals surface area (Å²) in [5.41, 5.74) is 3.08. The van der Waals surface area contributed by atoms with E-state index < -0.39 is 5.97 Å². The van der Waals surface area contributed by atoms with E-state index in [1.807, 2.05) is 48.5 Å². The Morgan fingerprint density at radius 1 is 1.03 bits per heavy atom. The molecule has 0 aliphatic heterocycles. The lowest BCUT2D eigenvalue weighted by molar-refractivity contribution is 0.0589. The molecular formula is C23H18N2O4. The summed E-state index contributed by atoms with van der Waals surface area (Å²) in [6.07, 6.45) is 1.52. The van der Waals surface area contributed by atoms with Crippen LogP contribution in [0.3, 0.4) is 0 Å². The maximum Gasteiger partial charge on any atom is 0.360 e. The van der Waals surface area contributed by atoms with E-state index in [1.54, 1.807) is 18.2 Å². The minimum atomic E-state index is -0.577. The monoisotopic (exact) mass is 386 g/mol. The van der Waals surface area contributed by atoms with Gasteiger partial charge in [-0.05, 0) is 29.8 Å². The van der Waals surface area contributed by atoms with Crippen LogP contribution in [0.2, 0.25) is 0 Å². The molecule has 0 spiro atoms. The number of phenols is 1. The summed E-state index contributed by atoms with van der Waals surface area (Å²) in [4.78, 5) is 21.1. The Morgan fingerprint density at radius 3 is 2.62 bits per heavy atom. The Morgan fingerprint density at radius 2 is 1.86 bits per heavy atom. The first-order valence-electron chi connectivity index (χ1n) is 9.00. The topological polar surface area (TPSA) is 81.5 Å². The molecule has 0 aliphatic rings. The van der Waals surface area contributed by atoms with Gasteiger partial charge >= 0.3 is 5.97 Å². The van der Waals surface area contributed by atoms with Gasteiger partial charge in [-0.15, -0.1) is 0 Å². The van der Waals surface area contributed by atoms with Crippen LogP contribution in [-0.2, 0) is 11.3 Å². The molecule has 0 amide bonds. The third kappa shape index (κ3) is 3.87. The zero-order chi connectivity index (χ0) is 20.2. The van der Waals surface area contributed by atoms with Gasteiger partial charge < -0.3 is 14.6 Å². The number of pyridine rings is 2. The summed E-state index contributed by atoms with van der Waals surface area (Å²) in [7, 11) is 1.30. The average Bonchev–Trinajstić information content (AvgIpc) is 2.77. The molecule has 0 atom stereocenters. The number of phenolic OH excluding ortho intramolecular Hbond substituents is 1. The van der Waals surface area contributed by atoms with Crippen LogP contribution in [0.25, 0.3) is 22.2 Å². The number of hydrogen-bond donors (Lipinski definition) is 1. The molecule has 144 valence electrons. The Balaban J connectivity index is 1.78. The van der Waals surface area contributed by atoms with Crippen LogP contribution in [0.15, 0.2) is 72.9 Å². The molecular weight excluding hydrogens is 368 g/mol. The Labute approximate surface area is 167 Å². The zero-order valence-electron chi connectivity index (χ0n) is 15.7. The summed E-state index contributed by atoms with van der Waals surface area (Å²) in [6.45, 7) is 0.278. The highest BCUT2D eigenvalue weighted by Crippen LogP contribution is 2.31. The van der Waals surface area contributed by atoms with Crippen molar-refractivity contribution in [3.63, 3.8) is 0 Å². The van der Waals surface area contributed by atoms with E-state index in [-0.39, 0.29) is 18.1 Å². The second-order valence-electron chi connectivity index (χ2n) is 6.38. The molecule has 6 nitrogen and oxygen atoms in total. The Bertz CT molecular complexity index is 1180. The van der Waals surface area contributed by atoms with Gasteiger partial charge in [0.25, 0.3) is 0 Å². The van der Waals surface area contributed by atoms with Crippen molar-refractivity contribution in [3.8, 4) is 22.8 Å². The van der Waals surface area contributed by atoms with Crippen molar-refractivity contribution in [3.05, 3.63) is 84.2 Å². The molecule has 0 aliphatic carbocycles. The molecule has 0 radical (unpaired) electrons. The van der Waals surface area contributed by atoms with Gasteiger partial charge in [-0.1, -0.05) is 42.5 Å². The molecule has 0 unspecified atom stereocenters. The van der Waals surface area contributed by atoms with E-state index in [9.17, 15) is 9.90 Å². The SMILES string of the molecule is COC(=O)c1ncc2nc(-c3cccc(O)c3)ccc2c1OCc1ccccc1. The molecule has 0 saturated carbocycles. The number of esters is 1. The van der Waals surface area contributed by atoms with Gasteiger partial charge in [-0.3, -0.25) is 0 Å². The first-order valence-corrected chi connectivity index (χ1v) is 9.00. The second-order valence-corrected chi connectivity index (χ2v) is 6.38. The molecule has 6 heteroatoms. The molecule has 2 aromatic carbocycles. The van der Waals surface area contributed by atoms with Crippen LogP contribution in [0.5, 0.6) is 11.5 Å². The molecule has 0 fully saturated rings. The highest BCUT2D eigenvalue weighted by molar-refractivity contribution is 5.98. The van der Waals surface area contributed by atoms with Gasteiger partial charge in [-0.25, -0.2) is 14.8 Å².